The maximum Gasteiger partial charge on any atom is 0.472 e. The number of nitrogens with zero attached hydrogens (tertiary/aromatic N) is 1. The number of esters is 1. The highest BCUT2D eigenvalue weighted by Crippen LogP contribution is 2.43. The van der Waals surface area contributed by atoms with Crippen LogP contribution >= 0.6 is 7.82 Å². The highest BCUT2D eigenvalue weighted by atomic mass is 31.2. The van der Waals surface area contributed by atoms with Gasteiger partial charge in [-0.1, -0.05) is 119 Å². The van der Waals surface area contributed by atoms with Crippen LogP contribution in [0.1, 0.15) is 129 Å². The number of quaternary nitrogens is 1. The van der Waals surface area contributed by atoms with Gasteiger partial charge in [-0.2, -0.15) is 0 Å². The van der Waals surface area contributed by atoms with E-state index >= 15 is 0 Å². The number of carbonyl (C=O) groups is 1. The molecule has 0 saturated heterocycles. The first-order chi connectivity index (χ1) is 24.6. The van der Waals surface area contributed by atoms with E-state index in [2.05, 4.69) is 86.8 Å². The maximum atomic E-state index is 12.6. The molecular formula is C42H75NO7P+. The molecule has 0 fully saturated rings. The number of hydrogen-bond donors (Lipinski definition) is 1. The van der Waals surface area contributed by atoms with Crippen LogP contribution in [0.2, 0.25) is 0 Å². The number of phosphoric acid groups is 1. The number of hydrogen-bond acceptors (Lipinski definition) is 6. The van der Waals surface area contributed by atoms with E-state index in [9.17, 15) is 14.3 Å². The van der Waals surface area contributed by atoms with E-state index in [0.717, 1.165) is 109 Å². The van der Waals surface area contributed by atoms with Gasteiger partial charge < -0.3 is 18.9 Å². The molecule has 0 saturated carbocycles. The molecule has 0 aliphatic carbocycles. The molecule has 0 aromatic heterocycles. The van der Waals surface area contributed by atoms with Crippen LogP contribution in [0.15, 0.2) is 72.9 Å². The monoisotopic (exact) mass is 737 g/mol. The van der Waals surface area contributed by atoms with Gasteiger partial charge >= 0.3 is 13.8 Å². The Hall–Kier alpha value is -2.06. The Bertz CT molecular complexity index is 1040. The molecular weight excluding hydrogens is 661 g/mol. The summed E-state index contributed by atoms with van der Waals surface area (Å²) in [6.07, 6.45) is 43.6. The van der Waals surface area contributed by atoms with Crippen molar-refractivity contribution in [2.75, 3.05) is 54.1 Å². The van der Waals surface area contributed by atoms with E-state index in [0.29, 0.717) is 24.1 Å². The first kappa shape index (κ1) is 48.9. The molecule has 0 bridgehead atoms. The summed E-state index contributed by atoms with van der Waals surface area (Å²) in [5, 5.41) is 0. The van der Waals surface area contributed by atoms with Gasteiger partial charge in [-0.15, -0.1) is 0 Å². The molecule has 9 heteroatoms. The van der Waals surface area contributed by atoms with E-state index in [1.807, 2.05) is 21.1 Å². The second kappa shape index (κ2) is 35.0. The molecule has 0 radical (unpaired) electrons. The third-order valence-electron chi connectivity index (χ3n) is 7.76. The first-order valence-electron chi connectivity index (χ1n) is 19.7. The minimum absolute atomic E-state index is 0.0762. The molecule has 0 aromatic rings. The van der Waals surface area contributed by atoms with Gasteiger partial charge in [0.15, 0.2) is 0 Å². The Morgan fingerprint density at radius 3 is 1.61 bits per heavy atom. The summed E-state index contributed by atoms with van der Waals surface area (Å²) in [5.41, 5.74) is 0. The summed E-state index contributed by atoms with van der Waals surface area (Å²) in [7, 11) is 1.62. The molecule has 0 aliphatic rings. The lowest BCUT2D eigenvalue weighted by molar-refractivity contribution is -0.870. The van der Waals surface area contributed by atoms with Crippen LogP contribution in [0.5, 0.6) is 0 Å². The van der Waals surface area contributed by atoms with E-state index < -0.39 is 13.9 Å². The summed E-state index contributed by atoms with van der Waals surface area (Å²) in [5.74, 6) is -0.344. The zero-order valence-corrected chi connectivity index (χ0v) is 34.0. The molecule has 0 spiro atoms. The summed E-state index contributed by atoms with van der Waals surface area (Å²) >= 11 is 0. The molecule has 0 aromatic carbocycles. The second-order valence-corrected chi connectivity index (χ2v) is 15.3. The summed E-state index contributed by atoms with van der Waals surface area (Å²) < 4.78 is 34.8. The molecule has 2 atom stereocenters. The minimum atomic E-state index is -4.28. The van der Waals surface area contributed by atoms with Crippen molar-refractivity contribution in [3.63, 3.8) is 0 Å². The molecule has 0 aliphatic heterocycles. The van der Waals surface area contributed by atoms with Crippen LogP contribution in [-0.2, 0) is 27.9 Å². The van der Waals surface area contributed by atoms with Crippen LogP contribution in [-0.4, -0.2) is 75.6 Å². The number of carbonyl (C=O) groups excluding carboxylic acids is 1. The number of rotatable bonds is 35. The zero-order valence-electron chi connectivity index (χ0n) is 33.1. The topological polar surface area (TPSA) is 91.3 Å². The molecule has 8 nitrogen and oxygen atoms in total. The Morgan fingerprint density at radius 2 is 1.08 bits per heavy atom. The maximum absolute atomic E-state index is 12.6. The van der Waals surface area contributed by atoms with Crippen LogP contribution in [0, 0.1) is 0 Å². The number of unbranched alkanes of at least 4 members (excludes halogenated alkanes) is 9. The highest BCUT2D eigenvalue weighted by molar-refractivity contribution is 7.47. The lowest BCUT2D eigenvalue weighted by atomic mass is 10.1. The minimum Gasteiger partial charge on any atom is -0.457 e. The molecule has 51 heavy (non-hydrogen) atoms. The highest BCUT2D eigenvalue weighted by Gasteiger charge is 2.26. The standard InChI is InChI=1S/C42H74NO7P/c1-6-8-10-12-14-16-18-20-22-23-25-27-29-31-33-35-42(44)50-41(40-49-51(45,46)48-38-36-43(3,4)5)39-47-37-34-32-30-28-26-24-21-19-17-15-13-11-9-7-2/h8-11,14-17,20-22,24,41H,6-7,12-13,18-19,23,25-40H2,1-5H3/p+1/b10-8-,11-9-,16-14-,17-15-,22-20-,24-21-. The van der Waals surface area contributed by atoms with Gasteiger partial charge in [-0.05, 0) is 77.0 Å². The Kier molecular flexibility index (Phi) is 33.6. The van der Waals surface area contributed by atoms with Crippen LogP contribution < -0.4 is 0 Å². The quantitative estimate of drug-likeness (QED) is 0.0228. The second-order valence-electron chi connectivity index (χ2n) is 13.9. The van der Waals surface area contributed by atoms with E-state index in [-0.39, 0.29) is 25.8 Å². The fourth-order valence-electron chi connectivity index (χ4n) is 4.76. The smallest absolute Gasteiger partial charge is 0.457 e. The van der Waals surface area contributed by atoms with Gasteiger partial charge in [0.05, 0.1) is 34.4 Å². The van der Waals surface area contributed by atoms with Crippen molar-refractivity contribution in [2.45, 2.75) is 136 Å². The van der Waals surface area contributed by atoms with Crippen LogP contribution in [0.3, 0.4) is 0 Å². The number of phosphoric ester groups is 1. The summed E-state index contributed by atoms with van der Waals surface area (Å²) in [6, 6.07) is 0. The van der Waals surface area contributed by atoms with Gasteiger partial charge in [0.25, 0.3) is 0 Å². The number of allylic oxidation sites excluding steroid dienone is 12. The Balaban J connectivity index is 4.38. The van der Waals surface area contributed by atoms with Gasteiger partial charge in [0, 0.05) is 13.0 Å². The first-order valence-corrected chi connectivity index (χ1v) is 21.2. The van der Waals surface area contributed by atoms with Crippen molar-refractivity contribution in [2.24, 2.45) is 0 Å². The Labute approximate surface area is 312 Å². The molecule has 0 rings (SSSR count). The molecule has 0 amide bonds. The largest absolute Gasteiger partial charge is 0.472 e. The SMILES string of the molecule is CC/C=C\C/C=C\C/C=C\CCCCCCCC(=O)OC(COCCCCCC/C=C\C/C=C\C/C=C\CC)COP(=O)(O)OCC[N+](C)(C)C. The van der Waals surface area contributed by atoms with Gasteiger partial charge in [-0.25, -0.2) is 4.57 Å². The molecule has 2 unspecified atom stereocenters. The molecule has 294 valence electrons. The predicted molar refractivity (Wildman–Crippen MR) is 215 cm³/mol. The van der Waals surface area contributed by atoms with Crippen molar-refractivity contribution in [1.82, 2.24) is 0 Å². The Morgan fingerprint density at radius 1 is 0.608 bits per heavy atom. The van der Waals surface area contributed by atoms with Gasteiger partial charge in [0.2, 0.25) is 0 Å². The summed E-state index contributed by atoms with van der Waals surface area (Å²) in [4.78, 5) is 22.8. The van der Waals surface area contributed by atoms with Crippen molar-refractivity contribution >= 4 is 13.8 Å². The van der Waals surface area contributed by atoms with Crippen molar-refractivity contribution in [1.29, 1.82) is 0 Å². The fourth-order valence-corrected chi connectivity index (χ4v) is 5.50. The summed E-state index contributed by atoms with van der Waals surface area (Å²) in [6.45, 7) is 5.28. The third kappa shape index (κ3) is 39.0. The molecule has 0 heterocycles. The average Bonchev–Trinajstić information content (AvgIpc) is 3.08. The normalized spacial score (nSPS) is 14.7. The fraction of sp³-hybridized carbons (Fsp3) is 0.690. The van der Waals surface area contributed by atoms with Crippen LogP contribution in [0.25, 0.3) is 0 Å². The van der Waals surface area contributed by atoms with Crippen LogP contribution in [0.4, 0.5) is 0 Å². The lowest BCUT2D eigenvalue weighted by Gasteiger charge is -2.24. The molecule has 1 N–H and O–H groups in total. The lowest BCUT2D eigenvalue weighted by Crippen LogP contribution is -2.37. The van der Waals surface area contributed by atoms with Crippen molar-refractivity contribution in [3.05, 3.63) is 72.9 Å². The number of likely N-dealkylation sites (N-methyl/N-ethyl adjacent to an activating group) is 1. The van der Waals surface area contributed by atoms with Gasteiger partial charge in [0.1, 0.15) is 19.3 Å². The zero-order chi connectivity index (χ0) is 37.7. The van der Waals surface area contributed by atoms with E-state index in [1.54, 1.807) is 0 Å². The predicted octanol–water partition coefficient (Wildman–Crippen LogP) is 11.2. The third-order valence-corrected chi connectivity index (χ3v) is 8.75. The average molecular weight is 737 g/mol. The van der Waals surface area contributed by atoms with E-state index in [4.69, 9.17) is 18.5 Å². The van der Waals surface area contributed by atoms with Crippen molar-refractivity contribution < 1.29 is 37.3 Å². The van der Waals surface area contributed by atoms with Crippen molar-refractivity contribution in [3.8, 4) is 0 Å². The van der Waals surface area contributed by atoms with E-state index in [1.165, 1.54) is 0 Å². The number of ether oxygens (including phenoxy) is 2. The van der Waals surface area contributed by atoms with Gasteiger partial charge in [-0.3, -0.25) is 13.8 Å².